The molecule has 2 unspecified atom stereocenters. The molecule has 0 aliphatic heterocycles. The second-order valence-electron chi connectivity index (χ2n) is 9.42. The number of carbonyl (C=O) groups is 2. The molecular formula is C29H33BrClN3O4S. The van der Waals surface area contributed by atoms with Gasteiger partial charge in [0.15, 0.2) is 0 Å². The van der Waals surface area contributed by atoms with E-state index in [1.54, 1.807) is 48.5 Å². The van der Waals surface area contributed by atoms with E-state index in [1.165, 1.54) is 4.90 Å². The number of halogens is 2. The second kappa shape index (κ2) is 14.0. The van der Waals surface area contributed by atoms with Crippen LogP contribution in [0.1, 0.15) is 31.4 Å². The van der Waals surface area contributed by atoms with Crippen LogP contribution in [0.15, 0.2) is 83.3 Å². The molecule has 2 amide bonds. The molecule has 10 heteroatoms. The van der Waals surface area contributed by atoms with Crippen molar-refractivity contribution in [3.05, 3.63) is 99.5 Å². The van der Waals surface area contributed by atoms with E-state index in [4.69, 9.17) is 11.6 Å². The van der Waals surface area contributed by atoms with Crippen LogP contribution in [0.25, 0.3) is 0 Å². The highest BCUT2D eigenvalue weighted by atomic mass is 79.9. The van der Waals surface area contributed by atoms with Crippen LogP contribution < -0.4 is 9.62 Å². The summed E-state index contributed by atoms with van der Waals surface area (Å²) in [6.07, 6.45) is 2.04. The Kier molecular flexibility index (Phi) is 11.0. The molecule has 0 radical (unpaired) electrons. The number of nitrogens with zero attached hydrogens (tertiary/aromatic N) is 2. The van der Waals surface area contributed by atoms with E-state index in [2.05, 4.69) is 21.2 Å². The van der Waals surface area contributed by atoms with Gasteiger partial charge >= 0.3 is 0 Å². The van der Waals surface area contributed by atoms with Gasteiger partial charge in [-0.25, -0.2) is 8.42 Å². The lowest BCUT2D eigenvalue weighted by Gasteiger charge is -2.34. The molecule has 0 heterocycles. The van der Waals surface area contributed by atoms with E-state index in [0.717, 1.165) is 32.6 Å². The van der Waals surface area contributed by atoms with Crippen LogP contribution >= 0.6 is 27.5 Å². The maximum Gasteiger partial charge on any atom is 0.244 e. The third-order valence-corrected chi connectivity index (χ3v) is 8.25. The maximum atomic E-state index is 14.0. The van der Waals surface area contributed by atoms with Gasteiger partial charge in [0.2, 0.25) is 21.8 Å². The Morgan fingerprint density at radius 2 is 1.56 bits per heavy atom. The minimum Gasteiger partial charge on any atom is -0.352 e. The molecule has 1 N–H and O–H groups in total. The Labute approximate surface area is 244 Å². The third kappa shape index (κ3) is 9.08. The molecule has 39 heavy (non-hydrogen) atoms. The zero-order chi connectivity index (χ0) is 28.6. The smallest absolute Gasteiger partial charge is 0.244 e. The Morgan fingerprint density at radius 1 is 0.949 bits per heavy atom. The molecule has 208 valence electrons. The van der Waals surface area contributed by atoms with E-state index < -0.39 is 28.5 Å². The van der Waals surface area contributed by atoms with Crippen molar-refractivity contribution < 1.29 is 18.0 Å². The summed E-state index contributed by atoms with van der Waals surface area (Å²) in [5, 5.41) is 3.56. The molecule has 0 saturated carbocycles. The second-order valence-corrected chi connectivity index (χ2v) is 12.7. The van der Waals surface area contributed by atoms with Gasteiger partial charge in [0.25, 0.3) is 0 Å². The van der Waals surface area contributed by atoms with Gasteiger partial charge in [-0.2, -0.15) is 0 Å². The van der Waals surface area contributed by atoms with Crippen molar-refractivity contribution in [3.63, 3.8) is 0 Å². The maximum absolute atomic E-state index is 14.0. The number of anilines is 1. The summed E-state index contributed by atoms with van der Waals surface area (Å²) in [6, 6.07) is 22.2. The molecule has 0 fully saturated rings. The molecule has 3 aromatic carbocycles. The summed E-state index contributed by atoms with van der Waals surface area (Å²) >= 11 is 9.44. The number of hydrogen-bond donors (Lipinski definition) is 1. The van der Waals surface area contributed by atoms with Crippen molar-refractivity contribution >= 4 is 55.1 Å². The number of sulfonamides is 1. The summed E-state index contributed by atoms with van der Waals surface area (Å²) in [5.41, 5.74) is 1.99. The highest BCUT2D eigenvalue weighted by molar-refractivity contribution is 9.10. The molecule has 2 atom stereocenters. The van der Waals surface area contributed by atoms with Gasteiger partial charge in [-0.3, -0.25) is 13.9 Å². The predicted octanol–water partition coefficient (Wildman–Crippen LogP) is 5.42. The van der Waals surface area contributed by atoms with Gasteiger partial charge in [-0.1, -0.05) is 76.9 Å². The number of nitrogens with one attached hydrogen (secondary N) is 1. The number of benzene rings is 3. The first-order chi connectivity index (χ1) is 18.5. The Morgan fingerprint density at radius 3 is 2.13 bits per heavy atom. The van der Waals surface area contributed by atoms with Gasteiger partial charge in [0.05, 0.1) is 11.9 Å². The van der Waals surface area contributed by atoms with Crippen molar-refractivity contribution in [2.24, 2.45) is 0 Å². The fourth-order valence-corrected chi connectivity index (χ4v) is 5.24. The third-order valence-electron chi connectivity index (χ3n) is 6.33. The average molecular weight is 635 g/mol. The van der Waals surface area contributed by atoms with Crippen LogP contribution in [0.2, 0.25) is 5.02 Å². The van der Waals surface area contributed by atoms with Crippen molar-refractivity contribution in [3.8, 4) is 0 Å². The first-order valence-electron chi connectivity index (χ1n) is 12.6. The van der Waals surface area contributed by atoms with Gasteiger partial charge in [-0.05, 0) is 60.9 Å². The van der Waals surface area contributed by atoms with Crippen molar-refractivity contribution in [2.45, 2.75) is 45.3 Å². The van der Waals surface area contributed by atoms with Crippen LogP contribution in [0.4, 0.5) is 5.69 Å². The normalized spacial score (nSPS) is 12.8. The first-order valence-corrected chi connectivity index (χ1v) is 15.6. The standard InChI is InChI=1S/C29H33BrClN3O4S/c1-4-21(2)32-29(36)27(18-22-8-6-5-7-9-22)33(19-23-10-14-25(31)15-11-23)28(35)20-34(39(3,37)38)26-16-12-24(30)13-17-26/h5-17,21,27H,4,18-20H2,1-3H3,(H,32,36). The molecule has 0 aliphatic rings. The molecule has 0 aromatic heterocycles. The summed E-state index contributed by atoms with van der Waals surface area (Å²) in [7, 11) is -3.81. The van der Waals surface area contributed by atoms with Crippen LogP contribution in [-0.4, -0.2) is 50.0 Å². The van der Waals surface area contributed by atoms with E-state index in [9.17, 15) is 18.0 Å². The van der Waals surface area contributed by atoms with Crippen molar-refractivity contribution in [1.29, 1.82) is 0 Å². The lowest BCUT2D eigenvalue weighted by atomic mass is 10.0. The fourth-order valence-electron chi connectivity index (χ4n) is 4.00. The van der Waals surface area contributed by atoms with Gasteiger partial charge in [-0.15, -0.1) is 0 Å². The number of rotatable bonds is 12. The molecule has 3 rings (SSSR count). The molecule has 0 aliphatic carbocycles. The lowest BCUT2D eigenvalue weighted by Crippen LogP contribution is -2.54. The Hall–Kier alpha value is -2.88. The minimum absolute atomic E-state index is 0.0966. The van der Waals surface area contributed by atoms with Gasteiger partial charge in [0.1, 0.15) is 12.6 Å². The van der Waals surface area contributed by atoms with E-state index in [-0.39, 0.29) is 24.9 Å². The number of carbonyl (C=O) groups excluding carboxylic acids is 2. The lowest BCUT2D eigenvalue weighted by molar-refractivity contribution is -0.140. The van der Waals surface area contributed by atoms with E-state index in [0.29, 0.717) is 10.7 Å². The monoisotopic (exact) mass is 633 g/mol. The zero-order valence-electron chi connectivity index (χ0n) is 22.2. The Bertz CT molecular complexity index is 1350. The number of hydrogen-bond acceptors (Lipinski definition) is 4. The molecule has 0 spiro atoms. The van der Waals surface area contributed by atoms with E-state index >= 15 is 0 Å². The minimum atomic E-state index is -3.81. The SMILES string of the molecule is CCC(C)NC(=O)C(Cc1ccccc1)N(Cc1ccc(Cl)cc1)C(=O)CN(c1ccc(Br)cc1)S(C)(=O)=O. The van der Waals surface area contributed by atoms with Crippen molar-refractivity contribution in [2.75, 3.05) is 17.1 Å². The summed E-state index contributed by atoms with van der Waals surface area (Å²) in [6.45, 7) is 3.51. The zero-order valence-corrected chi connectivity index (χ0v) is 25.3. The van der Waals surface area contributed by atoms with Crippen molar-refractivity contribution in [1.82, 2.24) is 10.2 Å². The summed E-state index contributed by atoms with van der Waals surface area (Å²) in [4.78, 5) is 29.1. The van der Waals surface area contributed by atoms with Crippen LogP contribution in [0.5, 0.6) is 0 Å². The van der Waals surface area contributed by atoms with Crippen LogP contribution in [-0.2, 0) is 32.6 Å². The molecule has 3 aromatic rings. The molecular weight excluding hydrogens is 602 g/mol. The van der Waals surface area contributed by atoms with E-state index in [1.807, 2.05) is 44.2 Å². The molecule has 7 nitrogen and oxygen atoms in total. The van der Waals surface area contributed by atoms with Crippen LogP contribution in [0.3, 0.4) is 0 Å². The fraction of sp³-hybridized carbons (Fsp3) is 0.310. The summed E-state index contributed by atoms with van der Waals surface area (Å²) in [5.74, 6) is -0.802. The average Bonchev–Trinajstić information content (AvgIpc) is 2.90. The Balaban J connectivity index is 2.04. The highest BCUT2D eigenvalue weighted by Crippen LogP contribution is 2.23. The molecule has 0 bridgehead atoms. The first kappa shape index (κ1) is 30.7. The highest BCUT2D eigenvalue weighted by Gasteiger charge is 2.33. The van der Waals surface area contributed by atoms with Gasteiger partial charge in [0, 0.05) is 28.5 Å². The van der Waals surface area contributed by atoms with Gasteiger partial charge < -0.3 is 10.2 Å². The topological polar surface area (TPSA) is 86.8 Å². The number of amides is 2. The molecule has 0 saturated heterocycles. The van der Waals surface area contributed by atoms with Crippen LogP contribution in [0, 0.1) is 0 Å². The largest absolute Gasteiger partial charge is 0.352 e. The summed E-state index contributed by atoms with van der Waals surface area (Å²) < 4.78 is 27.4. The quantitative estimate of drug-likeness (QED) is 0.288. The predicted molar refractivity (Wildman–Crippen MR) is 160 cm³/mol.